The molecule has 1 amide bonds. The van der Waals surface area contributed by atoms with Gasteiger partial charge >= 0.3 is 5.97 Å². The lowest BCUT2D eigenvalue weighted by atomic mass is 10.0. The molecule has 6 heteroatoms. The third-order valence-electron chi connectivity index (χ3n) is 3.84. The highest BCUT2D eigenvalue weighted by atomic mass is 16.5. The second-order valence-electron chi connectivity index (χ2n) is 6.11. The fourth-order valence-electron chi connectivity index (χ4n) is 2.64. The van der Waals surface area contributed by atoms with Crippen molar-refractivity contribution in [1.29, 1.82) is 0 Å². The third kappa shape index (κ3) is 5.38. The van der Waals surface area contributed by atoms with Gasteiger partial charge < -0.3 is 19.6 Å². The van der Waals surface area contributed by atoms with Crippen LogP contribution in [0.2, 0.25) is 0 Å². The van der Waals surface area contributed by atoms with Gasteiger partial charge in [0.1, 0.15) is 11.5 Å². The first-order valence-corrected chi connectivity index (χ1v) is 8.16. The number of carbonyl (C=O) groups excluding carboxylic acids is 1. The summed E-state index contributed by atoms with van der Waals surface area (Å²) < 4.78 is 10.6. The first-order valence-electron chi connectivity index (χ1n) is 8.16. The molecule has 0 fully saturated rings. The van der Waals surface area contributed by atoms with Crippen LogP contribution in [-0.4, -0.2) is 29.6 Å². The van der Waals surface area contributed by atoms with Gasteiger partial charge in [-0.2, -0.15) is 0 Å². The summed E-state index contributed by atoms with van der Waals surface area (Å²) in [5.74, 6) is 0.200. The molecule has 1 unspecified atom stereocenters. The lowest BCUT2D eigenvalue weighted by Gasteiger charge is -2.16. The summed E-state index contributed by atoms with van der Waals surface area (Å²) in [5, 5.41) is 11.7. The molecule has 2 rings (SSSR count). The molecule has 1 aromatic heterocycles. The van der Waals surface area contributed by atoms with Gasteiger partial charge in [0.15, 0.2) is 6.61 Å². The third-order valence-corrected chi connectivity index (χ3v) is 3.84. The van der Waals surface area contributed by atoms with Crippen LogP contribution >= 0.6 is 0 Å². The summed E-state index contributed by atoms with van der Waals surface area (Å²) in [6, 6.07) is 7.17. The first kappa shape index (κ1) is 18.6. The van der Waals surface area contributed by atoms with Crippen molar-refractivity contribution in [2.24, 2.45) is 0 Å². The zero-order valence-corrected chi connectivity index (χ0v) is 14.7. The maximum absolute atomic E-state index is 12.4. The molecule has 2 N–H and O–H groups in total. The predicted octanol–water partition coefficient (Wildman–Crippen LogP) is 3.11. The van der Waals surface area contributed by atoms with E-state index in [1.165, 1.54) is 0 Å². The number of amides is 1. The Morgan fingerprint density at radius 1 is 1.28 bits per heavy atom. The molecule has 134 valence electrons. The fraction of sp³-hybridized carbons (Fsp3) is 0.368. The van der Waals surface area contributed by atoms with Gasteiger partial charge in [-0.05, 0) is 62.6 Å². The molecule has 0 saturated carbocycles. The van der Waals surface area contributed by atoms with Crippen molar-refractivity contribution in [1.82, 2.24) is 5.32 Å². The van der Waals surface area contributed by atoms with E-state index in [2.05, 4.69) is 5.32 Å². The molecule has 1 atom stereocenters. The van der Waals surface area contributed by atoms with E-state index in [1.54, 1.807) is 32.2 Å². The molecule has 1 aromatic carbocycles. The average molecular weight is 345 g/mol. The topological polar surface area (TPSA) is 88.8 Å². The van der Waals surface area contributed by atoms with Crippen LogP contribution in [-0.2, 0) is 11.2 Å². The van der Waals surface area contributed by atoms with Crippen molar-refractivity contribution in [3.8, 4) is 5.75 Å². The molecule has 6 nitrogen and oxygen atoms in total. The van der Waals surface area contributed by atoms with Gasteiger partial charge in [-0.3, -0.25) is 4.79 Å². The largest absolute Gasteiger partial charge is 0.481 e. The number of benzene rings is 1. The van der Waals surface area contributed by atoms with Crippen molar-refractivity contribution in [3.05, 3.63) is 53.0 Å². The van der Waals surface area contributed by atoms with E-state index in [-0.39, 0.29) is 11.9 Å². The number of rotatable bonds is 8. The zero-order chi connectivity index (χ0) is 18.4. The van der Waals surface area contributed by atoms with Crippen LogP contribution in [0.25, 0.3) is 0 Å². The normalized spacial score (nSPS) is 11.8. The molecule has 0 bridgehead atoms. The van der Waals surface area contributed by atoms with E-state index in [1.807, 2.05) is 19.1 Å². The van der Waals surface area contributed by atoms with E-state index in [9.17, 15) is 9.59 Å². The van der Waals surface area contributed by atoms with Crippen LogP contribution in [0, 0.1) is 13.8 Å². The summed E-state index contributed by atoms with van der Waals surface area (Å²) in [5.41, 5.74) is 1.99. The molecule has 0 aliphatic rings. The Morgan fingerprint density at radius 2 is 1.96 bits per heavy atom. The monoisotopic (exact) mass is 345 g/mol. The van der Waals surface area contributed by atoms with Crippen molar-refractivity contribution in [3.63, 3.8) is 0 Å². The van der Waals surface area contributed by atoms with E-state index >= 15 is 0 Å². The van der Waals surface area contributed by atoms with Crippen LogP contribution in [0.5, 0.6) is 5.75 Å². The molecular weight excluding hydrogens is 322 g/mol. The minimum atomic E-state index is -1.04. The molecule has 25 heavy (non-hydrogen) atoms. The predicted molar refractivity (Wildman–Crippen MR) is 93.0 cm³/mol. The van der Waals surface area contributed by atoms with Crippen LogP contribution in [0.1, 0.15) is 40.6 Å². The maximum atomic E-state index is 12.4. The van der Waals surface area contributed by atoms with E-state index in [0.717, 1.165) is 29.7 Å². The molecule has 2 aromatic rings. The number of hydrogen-bond acceptors (Lipinski definition) is 4. The van der Waals surface area contributed by atoms with E-state index in [4.69, 9.17) is 14.3 Å². The molecule has 0 saturated heterocycles. The second kappa shape index (κ2) is 8.37. The smallest absolute Gasteiger partial charge is 0.341 e. The zero-order valence-electron chi connectivity index (χ0n) is 14.7. The molecule has 1 heterocycles. The van der Waals surface area contributed by atoms with Gasteiger partial charge in [0.05, 0.1) is 6.26 Å². The molecule has 0 aliphatic heterocycles. The van der Waals surface area contributed by atoms with Gasteiger partial charge in [-0.25, -0.2) is 4.79 Å². The minimum Gasteiger partial charge on any atom is -0.481 e. The Kier molecular flexibility index (Phi) is 6.22. The lowest BCUT2D eigenvalue weighted by molar-refractivity contribution is -0.139. The highest BCUT2D eigenvalue weighted by molar-refractivity contribution is 5.95. The summed E-state index contributed by atoms with van der Waals surface area (Å²) in [6.07, 6.45) is 3.17. The number of nitrogens with one attached hydrogen (secondary N) is 1. The highest BCUT2D eigenvalue weighted by Crippen LogP contribution is 2.25. The standard InChI is InChI=1S/C19H23NO5/c1-12-9-15(10-13(2)18(12)25-11-17(21)22)19(23)20-14(3)6-7-16-5-4-8-24-16/h4-5,8-10,14H,6-7,11H2,1-3H3,(H,20,23)(H,21,22). The molecule has 0 radical (unpaired) electrons. The summed E-state index contributed by atoms with van der Waals surface area (Å²) in [6.45, 7) is 5.13. The fourth-order valence-corrected chi connectivity index (χ4v) is 2.64. The van der Waals surface area contributed by atoms with Gasteiger partial charge in [0.2, 0.25) is 0 Å². The van der Waals surface area contributed by atoms with Crippen molar-refractivity contribution in [2.45, 2.75) is 39.7 Å². The lowest BCUT2D eigenvalue weighted by Crippen LogP contribution is -2.33. The van der Waals surface area contributed by atoms with E-state index < -0.39 is 12.6 Å². The number of furan rings is 1. The van der Waals surface area contributed by atoms with Gasteiger partial charge in [-0.15, -0.1) is 0 Å². The average Bonchev–Trinajstić information content (AvgIpc) is 3.05. The molecule has 0 spiro atoms. The number of aliphatic carboxylic acids is 1. The van der Waals surface area contributed by atoms with Crippen LogP contribution in [0.4, 0.5) is 0 Å². The number of carboxylic acids is 1. The van der Waals surface area contributed by atoms with Crippen LogP contribution in [0.15, 0.2) is 34.9 Å². The number of carboxylic acid groups (broad SMARTS) is 1. The Balaban J connectivity index is 1.97. The van der Waals surface area contributed by atoms with Crippen LogP contribution < -0.4 is 10.1 Å². The van der Waals surface area contributed by atoms with Crippen molar-refractivity contribution in [2.75, 3.05) is 6.61 Å². The Bertz CT molecular complexity index is 713. The summed E-state index contributed by atoms with van der Waals surface area (Å²) >= 11 is 0. The number of hydrogen-bond donors (Lipinski definition) is 2. The SMILES string of the molecule is Cc1cc(C(=O)NC(C)CCc2ccco2)cc(C)c1OCC(=O)O. The van der Waals surface area contributed by atoms with E-state index in [0.29, 0.717) is 11.3 Å². The minimum absolute atomic E-state index is 0.00106. The Hall–Kier alpha value is -2.76. The molecular formula is C19H23NO5. The Labute approximate surface area is 146 Å². The summed E-state index contributed by atoms with van der Waals surface area (Å²) in [4.78, 5) is 23.1. The number of carbonyl (C=O) groups is 2. The van der Waals surface area contributed by atoms with Crippen LogP contribution in [0.3, 0.4) is 0 Å². The molecule has 0 aliphatic carbocycles. The first-order chi connectivity index (χ1) is 11.9. The van der Waals surface area contributed by atoms with Gasteiger partial charge in [0, 0.05) is 18.0 Å². The van der Waals surface area contributed by atoms with Crippen molar-refractivity contribution < 1.29 is 23.8 Å². The highest BCUT2D eigenvalue weighted by Gasteiger charge is 2.15. The number of ether oxygens (including phenoxy) is 1. The quantitative estimate of drug-likeness (QED) is 0.767. The second-order valence-corrected chi connectivity index (χ2v) is 6.11. The van der Waals surface area contributed by atoms with Crippen molar-refractivity contribution >= 4 is 11.9 Å². The summed E-state index contributed by atoms with van der Waals surface area (Å²) in [7, 11) is 0. The Morgan fingerprint density at radius 3 is 2.52 bits per heavy atom. The number of aryl methyl sites for hydroxylation is 3. The van der Waals surface area contributed by atoms with Gasteiger partial charge in [0.25, 0.3) is 5.91 Å². The maximum Gasteiger partial charge on any atom is 0.341 e. The van der Waals surface area contributed by atoms with Gasteiger partial charge in [-0.1, -0.05) is 0 Å².